The van der Waals surface area contributed by atoms with Crippen molar-refractivity contribution < 1.29 is 23.7 Å². The van der Waals surface area contributed by atoms with Crippen LogP contribution < -0.4 is 28.7 Å². The average Bonchev–Trinajstić information content (AvgIpc) is 3.49. The predicted molar refractivity (Wildman–Crippen MR) is 304 cm³/mol. The van der Waals surface area contributed by atoms with E-state index in [4.69, 9.17) is 18.9 Å². The van der Waals surface area contributed by atoms with Gasteiger partial charge in [0.1, 0.15) is 23.0 Å². The summed E-state index contributed by atoms with van der Waals surface area (Å²) in [6, 6.07) is 88.2. The van der Waals surface area contributed by atoms with Gasteiger partial charge in [-0.05, 0) is 172 Å². The summed E-state index contributed by atoms with van der Waals surface area (Å²) in [5.74, 6) is 3.14. The Hall–Kier alpha value is -8.85. The molecule has 366 valence electrons. The second-order valence-electron chi connectivity index (χ2n) is 17.2. The molecule has 0 N–H and O–H groups in total. The molecule has 0 amide bonds. The van der Waals surface area contributed by atoms with Crippen LogP contribution in [0.4, 0.5) is 34.1 Å². The highest BCUT2D eigenvalue weighted by Crippen LogP contribution is 2.57. The summed E-state index contributed by atoms with van der Waals surface area (Å²) in [4.78, 5) is 16.8. The molecule has 10 aromatic carbocycles. The summed E-state index contributed by atoms with van der Waals surface area (Å²) in [7, 11) is 6.61. The lowest BCUT2D eigenvalue weighted by Crippen LogP contribution is -2.37. The number of ketones is 1. The van der Waals surface area contributed by atoms with Crippen LogP contribution >= 0.6 is 15.9 Å². The fourth-order valence-corrected chi connectivity index (χ4v) is 9.90. The molecule has 0 saturated heterocycles. The summed E-state index contributed by atoms with van der Waals surface area (Å²) in [5.41, 5.74) is 12.4. The van der Waals surface area contributed by atoms with Crippen molar-refractivity contribution in [1.29, 1.82) is 0 Å². The summed E-state index contributed by atoms with van der Waals surface area (Å²) >= 11 is 3.65. The standard InChI is InChI=1S/C33H27NO2.C18H14BrN.C15H14O3/c1-35-27-20-16-24(17-21-27)33(25-18-22-28(36-2)23-19-25)29-12-6-8-14-31(29)34(26-10-4-3-5-11-26)32-15-9-7-13-30(32)33;19-17-13-7-8-14-18(17)20(15-9-3-1-4-10-15)16-11-5-2-6-12-16;1-17-13-7-3-11(4-8-13)15(16)12-5-9-14(18-2)10-6-12/h3-23H,1-2H3;1-14H;3-10H,1-2H3. The number of carbonyl (C=O) groups is 1. The Morgan fingerprint density at radius 1 is 0.392 bits per heavy atom. The molecule has 0 bridgehead atoms. The molecule has 8 heteroatoms. The van der Waals surface area contributed by atoms with Crippen molar-refractivity contribution in [2.24, 2.45) is 0 Å². The van der Waals surface area contributed by atoms with Crippen LogP contribution in [0.3, 0.4) is 0 Å². The molecule has 0 aromatic heterocycles. The van der Waals surface area contributed by atoms with Gasteiger partial charge in [-0.15, -0.1) is 0 Å². The first-order chi connectivity index (χ1) is 36.4. The summed E-state index contributed by atoms with van der Waals surface area (Å²) < 4.78 is 22.2. The van der Waals surface area contributed by atoms with Crippen molar-refractivity contribution in [2.75, 3.05) is 38.2 Å². The molecule has 1 aliphatic rings. The molecule has 0 spiro atoms. The summed E-state index contributed by atoms with van der Waals surface area (Å²) in [6.45, 7) is 0. The number of fused-ring (bicyclic) bond motifs is 2. The van der Waals surface area contributed by atoms with Crippen molar-refractivity contribution >= 4 is 55.8 Å². The molecular weight excluding hydrogens is 981 g/mol. The topological polar surface area (TPSA) is 60.5 Å². The third kappa shape index (κ3) is 10.5. The summed E-state index contributed by atoms with van der Waals surface area (Å²) in [6.07, 6.45) is 0. The van der Waals surface area contributed by atoms with E-state index in [1.54, 1.807) is 77.0 Å². The zero-order chi connectivity index (χ0) is 51.3. The van der Waals surface area contributed by atoms with Crippen LogP contribution in [0.25, 0.3) is 0 Å². The monoisotopic (exact) mass is 1030 g/mol. The van der Waals surface area contributed by atoms with Gasteiger partial charge in [0.25, 0.3) is 0 Å². The van der Waals surface area contributed by atoms with Crippen molar-refractivity contribution in [1.82, 2.24) is 0 Å². The van der Waals surface area contributed by atoms with Crippen LogP contribution in [0.15, 0.2) is 265 Å². The lowest BCUT2D eigenvalue weighted by atomic mass is 9.62. The maximum atomic E-state index is 12.2. The van der Waals surface area contributed by atoms with E-state index in [0.29, 0.717) is 11.1 Å². The fourth-order valence-electron chi connectivity index (χ4n) is 9.44. The van der Waals surface area contributed by atoms with Gasteiger partial charge in [-0.1, -0.05) is 127 Å². The third-order valence-electron chi connectivity index (χ3n) is 13.0. The number of nitrogens with zero attached hydrogens (tertiary/aromatic N) is 2. The molecule has 0 aliphatic carbocycles. The minimum atomic E-state index is -0.531. The Balaban J connectivity index is 0.000000150. The Morgan fingerprint density at radius 2 is 0.730 bits per heavy atom. The number of carbonyl (C=O) groups excluding carboxylic acids is 1. The number of hydrogen-bond acceptors (Lipinski definition) is 7. The smallest absolute Gasteiger partial charge is 0.193 e. The van der Waals surface area contributed by atoms with Crippen molar-refractivity contribution in [3.63, 3.8) is 0 Å². The van der Waals surface area contributed by atoms with Crippen LogP contribution in [0.1, 0.15) is 38.2 Å². The van der Waals surface area contributed by atoms with Crippen molar-refractivity contribution in [2.45, 2.75) is 5.41 Å². The quantitative estimate of drug-likeness (QED) is 0.113. The number of anilines is 6. The molecule has 10 aromatic rings. The first-order valence-electron chi connectivity index (χ1n) is 24.2. The lowest BCUT2D eigenvalue weighted by molar-refractivity contribution is 0.103. The number of hydrogen-bond donors (Lipinski definition) is 0. The first-order valence-corrected chi connectivity index (χ1v) is 25.0. The number of benzene rings is 10. The van der Waals surface area contributed by atoms with Crippen LogP contribution in [0.5, 0.6) is 23.0 Å². The molecule has 1 heterocycles. The Labute approximate surface area is 442 Å². The maximum Gasteiger partial charge on any atom is 0.193 e. The Morgan fingerprint density at radius 3 is 1.12 bits per heavy atom. The van der Waals surface area contributed by atoms with Gasteiger partial charge in [0.2, 0.25) is 0 Å². The normalized spacial score (nSPS) is 11.7. The van der Waals surface area contributed by atoms with Crippen molar-refractivity contribution in [3.05, 3.63) is 299 Å². The molecule has 0 atom stereocenters. The third-order valence-corrected chi connectivity index (χ3v) is 13.7. The maximum absolute atomic E-state index is 12.2. The molecular formula is C66H55BrN2O5. The van der Waals surface area contributed by atoms with Crippen LogP contribution in [-0.2, 0) is 5.41 Å². The van der Waals surface area contributed by atoms with Crippen LogP contribution in [0.2, 0.25) is 0 Å². The number of ether oxygens (including phenoxy) is 4. The van der Waals surface area contributed by atoms with Gasteiger partial charge in [0, 0.05) is 32.7 Å². The van der Waals surface area contributed by atoms with Gasteiger partial charge in [-0.2, -0.15) is 0 Å². The van der Waals surface area contributed by atoms with E-state index in [0.717, 1.165) is 61.6 Å². The predicted octanol–water partition coefficient (Wildman–Crippen LogP) is 16.7. The SMILES string of the molecule is Brc1ccccc1N(c1ccccc1)c1ccccc1.COc1ccc(C(=O)c2ccc(OC)cc2)cc1.COc1ccc(C2(c3ccc(OC)cc3)c3ccccc3N(c3ccccc3)c3ccccc32)cc1. The molecule has 0 saturated carbocycles. The van der Waals surface area contributed by atoms with E-state index < -0.39 is 5.41 Å². The zero-order valence-corrected chi connectivity index (χ0v) is 43.2. The second kappa shape index (κ2) is 23.6. The molecule has 1 aliphatic heterocycles. The van der Waals surface area contributed by atoms with Gasteiger partial charge >= 0.3 is 0 Å². The van der Waals surface area contributed by atoms with Gasteiger partial charge in [-0.25, -0.2) is 0 Å². The fraction of sp³-hybridized carbons (Fsp3) is 0.0758. The van der Waals surface area contributed by atoms with E-state index >= 15 is 0 Å². The minimum Gasteiger partial charge on any atom is -0.497 e. The first kappa shape index (κ1) is 50.1. The molecule has 0 unspecified atom stereocenters. The van der Waals surface area contributed by atoms with Crippen LogP contribution in [0, 0.1) is 0 Å². The zero-order valence-electron chi connectivity index (χ0n) is 41.6. The molecule has 74 heavy (non-hydrogen) atoms. The second-order valence-corrected chi connectivity index (χ2v) is 18.0. The highest BCUT2D eigenvalue weighted by atomic mass is 79.9. The molecule has 0 fully saturated rings. The van der Waals surface area contributed by atoms with E-state index in [2.05, 4.69) is 220 Å². The largest absolute Gasteiger partial charge is 0.497 e. The van der Waals surface area contributed by atoms with E-state index in [9.17, 15) is 4.79 Å². The van der Waals surface area contributed by atoms with E-state index in [1.165, 1.54) is 22.3 Å². The van der Waals surface area contributed by atoms with Gasteiger partial charge < -0.3 is 28.7 Å². The number of rotatable bonds is 12. The van der Waals surface area contributed by atoms with E-state index in [1.807, 2.05) is 18.2 Å². The number of halogens is 1. The van der Waals surface area contributed by atoms with Gasteiger partial charge in [0.15, 0.2) is 5.78 Å². The molecule has 11 rings (SSSR count). The van der Waals surface area contributed by atoms with Crippen LogP contribution in [-0.4, -0.2) is 34.2 Å². The van der Waals surface area contributed by atoms with Gasteiger partial charge in [0.05, 0.1) is 50.9 Å². The van der Waals surface area contributed by atoms with Gasteiger partial charge in [-0.3, -0.25) is 4.79 Å². The number of para-hydroxylation sites is 6. The van der Waals surface area contributed by atoms with E-state index in [-0.39, 0.29) is 5.78 Å². The number of methoxy groups -OCH3 is 4. The van der Waals surface area contributed by atoms with Crippen molar-refractivity contribution in [3.8, 4) is 23.0 Å². The average molecular weight is 1040 g/mol. The Kier molecular flexibility index (Phi) is 16.0. The highest BCUT2D eigenvalue weighted by molar-refractivity contribution is 9.10. The Bertz CT molecular complexity index is 3210. The summed E-state index contributed by atoms with van der Waals surface area (Å²) in [5, 5.41) is 0. The molecule has 0 radical (unpaired) electrons. The highest BCUT2D eigenvalue weighted by Gasteiger charge is 2.46. The minimum absolute atomic E-state index is 0.0136. The molecule has 7 nitrogen and oxygen atoms in total. The lowest BCUT2D eigenvalue weighted by Gasteiger charge is -2.46.